The lowest BCUT2D eigenvalue weighted by atomic mass is 10.1. The van der Waals surface area contributed by atoms with Crippen LogP contribution in [0, 0.1) is 10.1 Å². The van der Waals surface area contributed by atoms with Crippen LogP contribution in [0.1, 0.15) is 18.2 Å². The van der Waals surface area contributed by atoms with Crippen molar-refractivity contribution in [3.8, 4) is 11.5 Å². The van der Waals surface area contributed by atoms with Crippen molar-refractivity contribution in [2.24, 2.45) is 0 Å². The molecule has 9 nitrogen and oxygen atoms in total. The van der Waals surface area contributed by atoms with Crippen LogP contribution in [-0.2, 0) is 0 Å². The number of aromatic nitrogens is 2. The molecule has 1 aromatic carbocycles. The number of nitrogens with zero attached hydrogens (tertiary/aromatic N) is 1. The van der Waals surface area contributed by atoms with E-state index in [1.807, 2.05) is 0 Å². The maximum absolute atomic E-state index is 11.5. The predicted molar refractivity (Wildman–Crippen MR) is 90.2 cm³/mol. The largest absolute Gasteiger partial charge is 0.503 e. The summed E-state index contributed by atoms with van der Waals surface area (Å²) in [6, 6.07) is 3.06. The van der Waals surface area contributed by atoms with Crippen molar-refractivity contribution in [3.63, 3.8) is 0 Å². The fourth-order valence-corrected chi connectivity index (χ4v) is 2.39. The molecular weight excluding hydrogens is 386 g/mol. The van der Waals surface area contributed by atoms with Gasteiger partial charge in [0.1, 0.15) is 5.69 Å². The van der Waals surface area contributed by atoms with Gasteiger partial charge in [0, 0.05) is 0 Å². The number of hydrogen-bond donors (Lipinski definition) is 3. The molecule has 0 fully saturated rings. The summed E-state index contributed by atoms with van der Waals surface area (Å²) in [5.74, 6) is 0.143. The molecule has 0 unspecified atom stereocenters. The summed E-state index contributed by atoms with van der Waals surface area (Å²) in [5, 5.41) is 20.8. The van der Waals surface area contributed by atoms with Gasteiger partial charge >= 0.3 is 16.9 Å². The highest BCUT2D eigenvalue weighted by Gasteiger charge is 2.18. The van der Waals surface area contributed by atoms with Gasteiger partial charge in [0.15, 0.2) is 11.5 Å². The monoisotopic (exact) mass is 397 g/mol. The van der Waals surface area contributed by atoms with Gasteiger partial charge in [-0.3, -0.25) is 19.9 Å². The van der Waals surface area contributed by atoms with Crippen LogP contribution in [0.4, 0.5) is 5.69 Å². The third-order valence-electron chi connectivity index (χ3n) is 2.92. The molecule has 1 heterocycles. The van der Waals surface area contributed by atoms with Gasteiger partial charge in [0.25, 0.3) is 0 Å². The zero-order chi connectivity index (χ0) is 17.9. The van der Waals surface area contributed by atoms with E-state index in [-0.39, 0.29) is 17.2 Å². The number of rotatable bonds is 5. The molecule has 0 bridgehead atoms. The second-order valence-electron chi connectivity index (χ2n) is 4.54. The van der Waals surface area contributed by atoms with Crippen LogP contribution in [-0.4, -0.2) is 26.6 Å². The fourth-order valence-electron chi connectivity index (χ4n) is 1.93. The van der Waals surface area contributed by atoms with E-state index in [1.165, 1.54) is 18.2 Å². The molecule has 0 saturated carbocycles. The Kier molecular flexibility index (Phi) is 5.19. The highest BCUT2D eigenvalue weighted by molar-refractivity contribution is 9.10. The van der Waals surface area contributed by atoms with Crippen molar-refractivity contribution in [1.82, 2.24) is 9.97 Å². The molecule has 0 aliphatic rings. The van der Waals surface area contributed by atoms with Crippen LogP contribution in [0.15, 0.2) is 26.2 Å². The number of phenolic OH excluding ortho intramolecular Hbond substituents is 1. The molecule has 0 saturated heterocycles. The molecule has 0 aliphatic carbocycles. The SMILES string of the molecule is CCOc1cc(/C=C\c2[nH]c(=O)[nH]c(=O)c2[N+](=O)[O-])cc(Br)c1O. The number of halogens is 1. The summed E-state index contributed by atoms with van der Waals surface area (Å²) < 4.78 is 5.64. The third kappa shape index (κ3) is 3.71. The van der Waals surface area contributed by atoms with Crippen LogP contribution in [0.3, 0.4) is 0 Å². The standard InChI is InChI=1S/C14H12BrN3O6/c1-2-24-10-6-7(5-8(15)12(10)19)3-4-9-11(18(22)23)13(20)17-14(21)16-9/h3-6,19H,2H2,1H3,(H2,16,17,20,21)/b4-3-. The lowest BCUT2D eigenvalue weighted by molar-refractivity contribution is -0.386. The zero-order valence-electron chi connectivity index (χ0n) is 12.3. The molecule has 0 spiro atoms. The lowest BCUT2D eigenvalue weighted by Crippen LogP contribution is -2.25. The van der Waals surface area contributed by atoms with Gasteiger partial charge in [0.2, 0.25) is 0 Å². The van der Waals surface area contributed by atoms with Gasteiger partial charge in [-0.05, 0) is 46.6 Å². The van der Waals surface area contributed by atoms with Crippen molar-refractivity contribution in [2.75, 3.05) is 6.61 Å². The molecule has 3 N–H and O–H groups in total. The average Bonchev–Trinajstić information content (AvgIpc) is 2.49. The van der Waals surface area contributed by atoms with E-state index in [0.29, 0.717) is 16.6 Å². The van der Waals surface area contributed by atoms with E-state index < -0.39 is 21.9 Å². The third-order valence-corrected chi connectivity index (χ3v) is 3.53. The Morgan fingerprint density at radius 3 is 2.67 bits per heavy atom. The topological polar surface area (TPSA) is 138 Å². The average molecular weight is 398 g/mol. The lowest BCUT2D eigenvalue weighted by Gasteiger charge is -2.08. The van der Waals surface area contributed by atoms with Gasteiger partial charge in [-0.25, -0.2) is 4.79 Å². The van der Waals surface area contributed by atoms with Crippen LogP contribution in [0.25, 0.3) is 12.2 Å². The molecule has 1 aromatic heterocycles. The number of nitrogens with one attached hydrogen (secondary N) is 2. The molecule has 24 heavy (non-hydrogen) atoms. The summed E-state index contributed by atoms with van der Waals surface area (Å²) in [4.78, 5) is 36.9. The Hall–Kier alpha value is -2.88. The van der Waals surface area contributed by atoms with Crippen molar-refractivity contribution < 1.29 is 14.8 Å². The van der Waals surface area contributed by atoms with E-state index in [2.05, 4.69) is 20.9 Å². The molecule has 2 aromatic rings. The zero-order valence-corrected chi connectivity index (χ0v) is 13.9. The number of ether oxygens (including phenoxy) is 1. The summed E-state index contributed by atoms with van der Waals surface area (Å²) in [5.41, 5.74) is -2.43. The van der Waals surface area contributed by atoms with Gasteiger partial charge in [-0.1, -0.05) is 6.08 Å². The molecule has 0 radical (unpaired) electrons. The fraction of sp³-hybridized carbons (Fsp3) is 0.143. The van der Waals surface area contributed by atoms with Crippen molar-refractivity contribution >= 4 is 33.8 Å². The molecule has 2 rings (SSSR count). The molecule has 0 amide bonds. The smallest absolute Gasteiger partial charge is 0.357 e. The minimum Gasteiger partial charge on any atom is -0.503 e. The van der Waals surface area contributed by atoms with E-state index >= 15 is 0 Å². The molecule has 0 aliphatic heterocycles. The molecule has 126 valence electrons. The number of aromatic amines is 2. The summed E-state index contributed by atoms with van der Waals surface area (Å²) in [6.45, 7) is 2.08. The Morgan fingerprint density at radius 2 is 2.04 bits per heavy atom. The highest BCUT2D eigenvalue weighted by atomic mass is 79.9. The number of phenols is 1. The first-order chi connectivity index (χ1) is 11.3. The van der Waals surface area contributed by atoms with E-state index in [1.54, 1.807) is 18.0 Å². The first-order valence-electron chi connectivity index (χ1n) is 6.67. The maximum atomic E-state index is 11.5. The summed E-state index contributed by atoms with van der Waals surface area (Å²) in [7, 11) is 0. The second kappa shape index (κ2) is 7.13. The van der Waals surface area contributed by atoms with Gasteiger partial charge < -0.3 is 14.8 Å². The van der Waals surface area contributed by atoms with Crippen molar-refractivity contribution in [1.29, 1.82) is 0 Å². The van der Waals surface area contributed by atoms with Gasteiger partial charge in [0.05, 0.1) is 16.0 Å². The maximum Gasteiger partial charge on any atom is 0.357 e. The van der Waals surface area contributed by atoms with Crippen molar-refractivity contribution in [2.45, 2.75) is 6.92 Å². The number of H-pyrrole nitrogens is 2. The highest BCUT2D eigenvalue weighted by Crippen LogP contribution is 2.36. The van der Waals surface area contributed by atoms with Crippen LogP contribution in [0.2, 0.25) is 0 Å². The Morgan fingerprint density at radius 1 is 1.33 bits per heavy atom. The second-order valence-corrected chi connectivity index (χ2v) is 5.40. The van der Waals surface area contributed by atoms with Crippen LogP contribution >= 0.6 is 15.9 Å². The van der Waals surface area contributed by atoms with Gasteiger partial charge in [-0.15, -0.1) is 0 Å². The van der Waals surface area contributed by atoms with Gasteiger partial charge in [-0.2, -0.15) is 0 Å². The predicted octanol–water partition coefficient (Wildman–Crippen LogP) is 2.01. The Balaban J connectivity index is 2.51. The number of hydrogen-bond acceptors (Lipinski definition) is 6. The normalized spacial score (nSPS) is 10.9. The first kappa shape index (κ1) is 17.5. The van der Waals surface area contributed by atoms with E-state index in [0.717, 1.165) is 0 Å². The Bertz CT molecular complexity index is 931. The number of aromatic hydroxyl groups is 1. The molecule has 10 heteroatoms. The molecule has 0 atom stereocenters. The van der Waals surface area contributed by atoms with Crippen LogP contribution < -0.4 is 16.0 Å². The quantitative estimate of drug-likeness (QED) is 0.520. The first-order valence-corrected chi connectivity index (χ1v) is 7.47. The number of benzene rings is 1. The van der Waals surface area contributed by atoms with Crippen LogP contribution in [0.5, 0.6) is 11.5 Å². The minimum absolute atomic E-state index is 0.0791. The summed E-state index contributed by atoms with van der Waals surface area (Å²) in [6.07, 6.45) is 2.66. The van der Waals surface area contributed by atoms with E-state index in [9.17, 15) is 24.8 Å². The summed E-state index contributed by atoms with van der Waals surface area (Å²) >= 11 is 3.17. The number of nitro groups is 1. The Labute approximate surface area is 142 Å². The molecular formula is C14H12BrN3O6. The minimum atomic E-state index is -1.09. The van der Waals surface area contributed by atoms with E-state index in [4.69, 9.17) is 4.74 Å². The van der Waals surface area contributed by atoms with Crippen molar-refractivity contribution in [3.05, 3.63) is 58.8 Å².